The molecule has 2 aromatic rings. The lowest BCUT2D eigenvalue weighted by atomic mass is 9.89. The number of hydrogen-bond acceptors (Lipinski definition) is 3. The molecule has 138 valence electrons. The van der Waals surface area contributed by atoms with Crippen molar-refractivity contribution in [1.82, 2.24) is 4.90 Å². The number of carbonyl (C=O) groups excluding carboxylic acids is 1. The van der Waals surface area contributed by atoms with E-state index in [1.165, 1.54) is 16.7 Å². The molecule has 0 aliphatic carbocycles. The zero-order valence-electron chi connectivity index (χ0n) is 15.9. The maximum absolute atomic E-state index is 12.7. The molecule has 1 aliphatic heterocycles. The Bertz CT molecular complexity index is 759. The maximum atomic E-state index is 12.7. The standard InChI is InChI=1S/C22H29N3O/c1-15-9-10-20(11-16(15)2)24-22(26)17(3)25-13-19(12-23)21(14-25)18-7-5-4-6-8-18/h4-11,17,19,21H,12-14,23H2,1-3H3,(H,24,26)/t17?,19-,21+/m1/s1. The molecule has 3 rings (SSSR count). The molecule has 26 heavy (non-hydrogen) atoms. The molecule has 0 saturated carbocycles. The number of nitrogens with one attached hydrogen (secondary N) is 1. The summed E-state index contributed by atoms with van der Waals surface area (Å²) in [6.07, 6.45) is 0. The fourth-order valence-electron chi connectivity index (χ4n) is 3.77. The van der Waals surface area contributed by atoms with Gasteiger partial charge in [-0.15, -0.1) is 0 Å². The van der Waals surface area contributed by atoms with Gasteiger partial charge < -0.3 is 11.1 Å². The van der Waals surface area contributed by atoms with Gasteiger partial charge in [0.25, 0.3) is 0 Å². The average Bonchev–Trinajstić information content (AvgIpc) is 3.09. The third-order valence-electron chi connectivity index (χ3n) is 5.70. The van der Waals surface area contributed by atoms with Gasteiger partial charge in [-0.1, -0.05) is 36.4 Å². The molecule has 2 aromatic carbocycles. The number of anilines is 1. The summed E-state index contributed by atoms with van der Waals surface area (Å²) in [5.74, 6) is 0.810. The van der Waals surface area contributed by atoms with Gasteiger partial charge in [0.2, 0.25) is 5.91 Å². The van der Waals surface area contributed by atoms with Crippen LogP contribution in [0.3, 0.4) is 0 Å². The van der Waals surface area contributed by atoms with Crippen molar-refractivity contribution in [3.8, 4) is 0 Å². The van der Waals surface area contributed by atoms with Gasteiger partial charge >= 0.3 is 0 Å². The molecular weight excluding hydrogens is 322 g/mol. The Labute approximate surface area is 156 Å². The van der Waals surface area contributed by atoms with E-state index in [0.717, 1.165) is 18.8 Å². The summed E-state index contributed by atoms with van der Waals surface area (Å²) in [5.41, 5.74) is 10.6. The van der Waals surface area contributed by atoms with Crippen LogP contribution in [0.15, 0.2) is 48.5 Å². The minimum Gasteiger partial charge on any atom is -0.330 e. The third-order valence-corrected chi connectivity index (χ3v) is 5.70. The van der Waals surface area contributed by atoms with Gasteiger partial charge in [-0.25, -0.2) is 0 Å². The summed E-state index contributed by atoms with van der Waals surface area (Å²) >= 11 is 0. The average molecular weight is 351 g/mol. The first-order valence-electron chi connectivity index (χ1n) is 9.36. The van der Waals surface area contributed by atoms with Crippen LogP contribution >= 0.6 is 0 Å². The molecule has 0 bridgehead atoms. The first-order chi connectivity index (χ1) is 12.5. The van der Waals surface area contributed by atoms with Gasteiger partial charge in [0, 0.05) is 24.7 Å². The maximum Gasteiger partial charge on any atom is 0.241 e. The van der Waals surface area contributed by atoms with Gasteiger partial charge in [0.15, 0.2) is 0 Å². The highest BCUT2D eigenvalue weighted by atomic mass is 16.2. The van der Waals surface area contributed by atoms with Crippen LogP contribution in [0.4, 0.5) is 5.69 Å². The first kappa shape index (κ1) is 18.6. The summed E-state index contributed by atoms with van der Waals surface area (Å²) in [4.78, 5) is 15.0. The second kappa shape index (κ2) is 8.02. The SMILES string of the molecule is Cc1ccc(NC(=O)C(C)N2C[C@@H](CN)[C@H](c3ccccc3)C2)cc1C. The summed E-state index contributed by atoms with van der Waals surface area (Å²) in [5, 5.41) is 3.06. The van der Waals surface area contributed by atoms with Gasteiger partial charge in [-0.05, 0) is 62.1 Å². The van der Waals surface area contributed by atoms with E-state index in [0.29, 0.717) is 18.4 Å². The molecule has 1 heterocycles. The molecule has 3 atom stereocenters. The van der Waals surface area contributed by atoms with Crippen molar-refractivity contribution in [3.05, 3.63) is 65.2 Å². The number of carbonyl (C=O) groups is 1. The minimum atomic E-state index is -0.181. The minimum absolute atomic E-state index is 0.0396. The Morgan fingerprint density at radius 1 is 1.15 bits per heavy atom. The zero-order chi connectivity index (χ0) is 18.7. The lowest BCUT2D eigenvalue weighted by Gasteiger charge is -2.23. The second-order valence-corrected chi connectivity index (χ2v) is 7.43. The number of nitrogens with zero attached hydrogens (tertiary/aromatic N) is 1. The Morgan fingerprint density at radius 2 is 1.88 bits per heavy atom. The van der Waals surface area contributed by atoms with Crippen LogP contribution in [0.25, 0.3) is 0 Å². The van der Waals surface area contributed by atoms with Crippen LogP contribution in [0.5, 0.6) is 0 Å². The topological polar surface area (TPSA) is 58.4 Å². The fraction of sp³-hybridized carbons (Fsp3) is 0.409. The molecule has 0 spiro atoms. The van der Waals surface area contributed by atoms with E-state index in [1.54, 1.807) is 0 Å². The quantitative estimate of drug-likeness (QED) is 0.869. The number of aryl methyl sites for hydroxylation is 2. The van der Waals surface area contributed by atoms with E-state index in [2.05, 4.69) is 48.3 Å². The first-order valence-corrected chi connectivity index (χ1v) is 9.36. The zero-order valence-corrected chi connectivity index (χ0v) is 15.9. The van der Waals surface area contributed by atoms with Crippen molar-refractivity contribution in [3.63, 3.8) is 0 Å². The van der Waals surface area contributed by atoms with Crippen molar-refractivity contribution >= 4 is 11.6 Å². The van der Waals surface area contributed by atoms with Crippen LogP contribution in [0.2, 0.25) is 0 Å². The molecule has 4 nitrogen and oxygen atoms in total. The van der Waals surface area contributed by atoms with Crippen molar-refractivity contribution in [1.29, 1.82) is 0 Å². The summed E-state index contributed by atoms with van der Waals surface area (Å²) in [6.45, 7) is 8.49. The molecule has 0 aromatic heterocycles. The number of benzene rings is 2. The molecule has 4 heteroatoms. The third kappa shape index (κ3) is 3.97. The lowest BCUT2D eigenvalue weighted by Crippen LogP contribution is -2.41. The largest absolute Gasteiger partial charge is 0.330 e. The second-order valence-electron chi connectivity index (χ2n) is 7.43. The number of nitrogens with two attached hydrogens (primary N) is 1. The molecule has 1 fully saturated rings. The molecule has 3 N–H and O–H groups in total. The summed E-state index contributed by atoms with van der Waals surface area (Å²) < 4.78 is 0. The van der Waals surface area contributed by atoms with Crippen molar-refractivity contribution < 1.29 is 4.79 Å². The van der Waals surface area contributed by atoms with E-state index >= 15 is 0 Å². The summed E-state index contributed by atoms with van der Waals surface area (Å²) in [7, 11) is 0. The Kier molecular flexibility index (Phi) is 5.74. The molecule has 1 saturated heterocycles. The van der Waals surface area contributed by atoms with E-state index in [-0.39, 0.29) is 11.9 Å². The van der Waals surface area contributed by atoms with Crippen LogP contribution in [0, 0.1) is 19.8 Å². The number of hydrogen-bond donors (Lipinski definition) is 2. The monoisotopic (exact) mass is 351 g/mol. The normalized spacial score (nSPS) is 21.5. The molecule has 1 amide bonds. The predicted octanol–water partition coefficient (Wildman–Crippen LogP) is 3.30. The molecule has 0 radical (unpaired) electrons. The lowest BCUT2D eigenvalue weighted by molar-refractivity contribution is -0.120. The molecule has 1 unspecified atom stereocenters. The van der Waals surface area contributed by atoms with Gasteiger partial charge in [0.05, 0.1) is 6.04 Å². The van der Waals surface area contributed by atoms with Crippen LogP contribution in [-0.4, -0.2) is 36.5 Å². The van der Waals surface area contributed by atoms with Crippen LogP contribution < -0.4 is 11.1 Å². The smallest absolute Gasteiger partial charge is 0.241 e. The fourth-order valence-corrected chi connectivity index (χ4v) is 3.77. The van der Waals surface area contributed by atoms with Gasteiger partial charge in [-0.2, -0.15) is 0 Å². The summed E-state index contributed by atoms with van der Waals surface area (Å²) in [6, 6.07) is 16.4. The Hall–Kier alpha value is -2.17. The van der Waals surface area contributed by atoms with Crippen molar-refractivity contribution in [2.45, 2.75) is 32.7 Å². The Morgan fingerprint density at radius 3 is 2.54 bits per heavy atom. The number of amides is 1. The van der Waals surface area contributed by atoms with Gasteiger partial charge in [-0.3, -0.25) is 9.69 Å². The number of rotatable bonds is 5. The highest BCUT2D eigenvalue weighted by Gasteiger charge is 2.36. The van der Waals surface area contributed by atoms with E-state index in [4.69, 9.17) is 5.73 Å². The predicted molar refractivity (Wildman–Crippen MR) is 107 cm³/mol. The highest BCUT2D eigenvalue weighted by Crippen LogP contribution is 2.33. The molecular formula is C22H29N3O. The van der Waals surface area contributed by atoms with Crippen molar-refractivity contribution in [2.75, 3.05) is 25.0 Å². The molecule has 1 aliphatic rings. The Balaban J connectivity index is 1.68. The highest BCUT2D eigenvalue weighted by molar-refractivity contribution is 5.94. The van der Waals surface area contributed by atoms with Gasteiger partial charge in [0.1, 0.15) is 0 Å². The van der Waals surface area contributed by atoms with Crippen LogP contribution in [0.1, 0.15) is 29.5 Å². The van der Waals surface area contributed by atoms with E-state index < -0.39 is 0 Å². The van der Waals surface area contributed by atoms with E-state index in [9.17, 15) is 4.79 Å². The number of likely N-dealkylation sites (tertiary alicyclic amines) is 1. The van der Waals surface area contributed by atoms with Crippen LogP contribution in [-0.2, 0) is 4.79 Å². The van der Waals surface area contributed by atoms with Crippen molar-refractivity contribution in [2.24, 2.45) is 11.7 Å². The van der Waals surface area contributed by atoms with E-state index in [1.807, 2.05) is 31.2 Å².